The highest BCUT2D eigenvalue weighted by atomic mass is 35.5. The Kier molecular flexibility index (Phi) is 7.70. The van der Waals surface area contributed by atoms with E-state index in [0.717, 1.165) is 5.56 Å². The molecule has 0 fully saturated rings. The summed E-state index contributed by atoms with van der Waals surface area (Å²) in [5.74, 6) is -0.437. The molecule has 1 aromatic heterocycles. The van der Waals surface area contributed by atoms with Crippen LogP contribution >= 0.6 is 12.4 Å². The Hall–Kier alpha value is -3.42. The quantitative estimate of drug-likeness (QED) is 0.547. The van der Waals surface area contributed by atoms with E-state index < -0.39 is 5.97 Å². The minimum atomic E-state index is -1.01. The molecule has 8 heteroatoms. The molecule has 3 aromatic rings. The predicted octanol–water partition coefficient (Wildman–Crippen LogP) is 3.38. The first-order valence-corrected chi connectivity index (χ1v) is 8.58. The lowest BCUT2D eigenvalue weighted by molar-refractivity contribution is 0.0696. The fourth-order valence-electron chi connectivity index (χ4n) is 2.55. The van der Waals surface area contributed by atoms with Crippen LogP contribution in [0.2, 0.25) is 0 Å². The number of carboxylic acids is 1. The zero-order chi connectivity index (χ0) is 19.9. The molecule has 0 saturated heterocycles. The number of aromatic nitrogens is 1. The SMILES string of the molecule is Cl.NCc1ccnc(Oc2cccc(C(=O)NCc3cccc(C(=O)O)c3)c2)c1. The van der Waals surface area contributed by atoms with E-state index in [2.05, 4.69) is 10.3 Å². The van der Waals surface area contributed by atoms with E-state index in [1.165, 1.54) is 12.1 Å². The van der Waals surface area contributed by atoms with Gasteiger partial charge in [0.1, 0.15) is 5.75 Å². The highest BCUT2D eigenvalue weighted by Crippen LogP contribution is 2.21. The number of nitrogens with one attached hydrogen (secondary N) is 1. The molecular weight excluding hydrogens is 394 g/mol. The van der Waals surface area contributed by atoms with Gasteiger partial charge in [-0.05, 0) is 47.5 Å². The van der Waals surface area contributed by atoms with Gasteiger partial charge >= 0.3 is 5.97 Å². The number of amides is 1. The molecule has 0 unspecified atom stereocenters. The van der Waals surface area contributed by atoms with Crippen LogP contribution in [-0.4, -0.2) is 22.0 Å². The van der Waals surface area contributed by atoms with Crippen LogP contribution in [0.5, 0.6) is 11.6 Å². The molecule has 7 nitrogen and oxygen atoms in total. The maximum Gasteiger partial charge on any atom is 0.335 e. The predicted molar refractivity (Wildman–Crippen MR) is 110 cm³/mol. The third kappa shape index (κ3) is 6.03. The molecule has 0 atom stereocenters. The van der Waals surface area contributed by atoms with Crippen LogP contribution in [0.1, 0.15) is 31.8 Å². The van der Waals surface area contributed by atoms with Crippen molar-refractivity contribution in [3.63, 3.8) is 0 Å². The molecule has 1 amide bonds. The first-order chi connectivity index (χ1) is 13.5. The summed E-state index contributed by atoms with van der Waals surface area (Å²) in [4.78, 5) is 27.6. The van der Waals surface area contributed by atoms with Crippen molar-refractivity contribution in [2.75, 3.05) is 0 Å². The molecule has 0 radical (unpaired) electrons. The van der Waals surface area contributed by atoms with Crippen molar-refractivity contribution < 1.29 is 19.4 Å². The van der Waals surface area contributed by atoms with E-state index in [4.69, 9.17) is 15.6 Å². The lowest BCUT2D eigenvalue weighted by Crippen LogP contribution is -2.22. The minimum absolute atomic E-state index is 0. The van der Waals surface area contributed by atoms with Crippen molar-refractivity contribution in [3.05, 3.63) is 89.1 Å². The number of halogens is 1. The Morgan fingerprint density at radius 3 is 2.52 bits per heavy atom. The molecule has 0 spiro atoms. The van der Waals surface area contributed by atoms with Crippen LogP contribution < -0.4 is 15.8 Å². The first-order valence-electron chi connectivity index (χ1n) is 8.58. The van der Waals surface area contributed by atoms with Crippen molar-refractivity contribution >= 4 is 24.3 Å². The number of carbonyl (C=O) groups excluding carboxylic acids is 1. The molecule has 0 saturated carbocycles. The Labute approximate surface area is 173 Å². The standard InChI is InChI=1S/C21H19N3O4.ClH/c22-12-14-7-8-23-19(10-14)28-18-6-2-4-16(11-18)20(25)24-13-15-3-1-5-17(9-15)21(26)27;/h1-11H,12-13,22H2,(H,24,25)(H,26,27);1H. The van der Waals surface area contributed by atoms with Gasteiger partial charge in [-0.2, -0.15) is 0 Å². The topological polar surface area (TPSA) is 115 Å². The minimum Gasteiger partial charge on any atom is -0.478 e. The smallest absolute Gasteiger partial charge is 0.335 e. The maximum atomic E-state index is 12.4. The second-order valence-electron chi connectivity index (χ2n) is 6.02. The maximum absolute atomic E-state index is 12.4. The summed E-state index contributed by atoms with van der Waals surface area (Å²) >= 11 is 0. The average molecular weight is 414 g/mol. The van der Waals surface area contributed by atoms with Crippen LogP contribution in [0.15, 0.2) is 66.9 Å². The number of hydrogen-bond donors (Lipinski definition) is 3. The summed E-state index contributed by atoms with van der Waals surface area (Å²) in [6.45, 7) is 0.593. The number of rotatable bonds is 7. The Bertz CT molecular complexity index is 1010. The van der Waals surface area contributed by atoms with E-state index >= 15 is 0 Å². The van der Waals surface area contributed by atoms with E-state index in [0.29, 0.717) is 29.3 Å². The van der Waals surface area contributed by atoms with Crippen LogP contribution in [0.4, 0.5) is 0 Å². The molecule has 150 valence electrons. The highest BCUT2D eigenvalue weighted by molar-refractivity contribution is 5.94. The van der Waals surface area contributed by atoms with Gasteiger partial charge in [-0.25, -0.2) is 9.78 Å². The summed E-state index contributed by atoms with van der Waals surface area (Å²) < 4.78 is 5.70. The van der Waals surface area contributed by atoms with E-state index in [1.807, 2.05) is 0 Å². The van der Waals surface area contributed by atoms with Crippen molar-refractivity contribution in [1.29, 1.82) is 0 Å². The number of benzene rings is 2. The van der Waals surface area contributed by atoms with E-state index in [-0.39, 0.29) is 30.4 Å². The Morgan fingerprint density at radius 2 is 1.76 bits per heavy atom. The number of carbonyl (C=O) groups is 2. The van der Waals surface area contributed by atoms with Crippen LogP contribution in [0.3, 0.4) is 0 Å². The molecule has 3 rings (SSSR count). The van der Waals surface area contributed by atoms with Gasteiger partial charge in [0.25, 0.3) is 5.91 Å². The van der Waals surface area contributed by atoms with Gasteiger partial charge in [0.2, 0.25) is 5.88 Å². The van der Waals surface area contributed by atoms with Gasteiger partial charge < -0.3 is 20.9 Å². The zero-order valence-corrected chi connectivity index (χ0v) is 16.2. The van der Waals surface area contributed by atoms with E-state index in [9.17, 15) is 9.59 Å². The van der Waals surface area contributed by atoms with Gasteiger partial charge in [-0.15, -0.1) is 12.4 Å². The average Bonchev–Trinajstić information content (AvgIpc) is 2.72. The molecule has 4 N–H and O–H groups in total. The summed E-state index contributed by atoms with van der Waals surface area (Å²) in [7, 11) is 0. The summed E-state index contributed by atoms with van der Waals surface area (Å²) in [6.07, 6.45) is 1.61. The van der Waals surface area contributed by atoms with Gasteiger partial charge in [-0.1, -0.05) is 18.2 Å². The molecule has 2 aromatic carbocycles. The lowest BCUT2D eigenvalue weighted by atomic mass is 10.1. The number of nitrogens with two attached hydrogens (primary N) is 1. The van der Waals surface area contributed by atoms with Crippen LogP contribution in [0.25, 0.3) is 0 Å². The Balaban J connectivity index is 0.00000300. The molecule has 1 heterocycles. The van der Waals surface area contributed by atoms with Crippen molar-refractivity contribution in [1.82, 2.24) is 10.3 Å². The summed E-state index contributed by atoms with van der Waals surface area (Å²) in [5.41, 5.74) is 7.80. The summed E-state index contributed by atoms with van der Waals surface area (Å²) in [6, 6.07) is 16.7. The fourth-order valence-corrected chi connectivity index (χ4v) is 2.55. The molecule has 0 aliphatic carbocycles. The van der Waals surface area contributed by atoms with Gasteiger partial charge in [-0.3, -0.25) is 4.79 Å². The normalized spacial score (nSPS) is 9.97. The van der Waals surface area contributed by atoms with Gasteiger partial charge in [0, 0.05) is 30.9 Å². The van der Waals surface area contributed by atoms with Crippen molar-refractivity contribution in [2.24, 2.45) is 5.73 Å². The summed E-state index contributed by atoms with van der Waals surface area (Å²) in [5, 5.41) is 11.8. The van der Waals surface area contributed by atoms with Gasteiger partial charge in [0.15, 0.2) is 0 Å². The second kappa shape index (κ2) is 10.2. The monoisotopic (exact) mass is 413 g/mol. The van der Waals surface area contributed by atoms with Crippen molar-refractivity contribution in [2.45, 2.75) is 13.1 Å². The molecule has 0 aliphatic heterocycles. The Morgan fingerprint density at radius 1 is 1.00 bits per heavy atom. The molecular formula is C21H20ClN3O4. The van der Waals surface area contributed by atoms with Crippen LogP contribution in [-0.2, 0) is 13.1 Å². The number of nitrogens with zero attached hydrogens (tertiary/aromatic N) is 1. The number of ether oxygens (including phenoxy) is 1. The first kappa shape index (κ1) is 21.9. The van der Waals surface area contributed by atoms with Crippen molar-refractivity contribution in [3.8, 4) is 11.6 Å². The molecule has 0 bridgehead atoms. The number of hydrogen-bond acceptors (Lipinski definition) is 5. The number of carboxylic acid groups (broad SMARTS) is 1. The fraction of sp³-hybridized carbons (Fsp3) is 0.0952. The number of aromatic carboxylic acids is 1. The number of pyridine rings is 1. The zero-order valence-electron chi connectivity index (χ0n) is 15.4. The molecule has 0 aliphatic rings. The van der Waals surface area contributed by atoms with E-state index in [1.54, 1.807) is 54.7 Å². The largest absolute Gasteiger partial charge is 0.478 e. The third-order valence-electron chi connectivity index (χ3n) is 3.98. The highest BCUT2D eigenvalue weighted by Gasteiger charge is 2.09. The third-order valence-corrected chi connectivity index (χ3v) is 3.98. The van der Waals surface area contributed by atoms with Crippen LogP contribution in [0, 0.1) is 0 Å². The lowest BCUT2D eigenvalue weighted by Gasteiger charge is -2.09. The molecule has 29 heavy (non-hydrogen) atoms. The van der Waals surface area contributed by atoms with Gasteiger partial charge in [0.05, 0.1) is 5.56 Å². The second-order valence-corrected chi connectivity index (χ2v) is 6.02.